The fraction of sp³-hybridized carbons (Fsp3) is 0.133. The van der Waals surface area contributed by atoms with E-state index in [1.165, 1.54) is 0 Å². The summed E-state index contributed by atoms with van der Waals surface area (Å²) in [6.45, 7) is 4.08. The second kappa shape index (κ2) is 5.36. The minimum atomic E-state index is -0.0897. The number of benzene rings is 1. The van der Waals surface area contributed by atoms with E-state index in [0.717, 1.165) is 11.1 Å². The first-order chi connectivity index (χ1) is 8.76. The molecule has 0 aliphatic heterocycles. The quantitative estimate of drug-likeness (QED) is 0.771. The van der Waals surface area contributed by atoms with Crippen LogP contribution in [0.15, 0.2) is 59.9 Å². The zero-order chi connectivity index (χ0) is 13.0. The first kappa shape index (κ1) is 12.2. The number of allylic oxidation sites excluding steroid dienone is 1. The number of methoxy groups -OCH3 is 1. The van der Waals surface area contributed by atoms with Crippen molar-refractivity contribution in [3.63, 3.8) is 0 Å². The molecule has 0 spiro atoms. The van der Waals surface area contributed by atoms with Crippen molar-refractivity contribution >= 4 is 0 Å². The Balaban J connectivity index is 2.56. The van der Waals surface area contributed by atoms with Crippen molar-refractivity contribution in [1.29, 1.82) is 0 Å². The van der Waals surface area contributed by atoms with E-state index in [9.17, 15) is 4.79 Å². The van der Waals surface area contributed by atoms with Gasteiger partial charge in [0.1, 0.15) is 0 Å². The molecule has 2 rings (SSSR count). The maximum Gasteiger partial charge on any atom is 0.254 e. The maximum absolute atomic E-state index is 12.0. The van der Waals surface area contributed by atoms with Gasteiger partial charge in [-0.2, -0.15) is 0 Å². The predicted molar refractivity (Wildman–Crippen MR) is 72.9 cm³/mol. The Morgan fingerprint density at radius 2 is 1.94 bits per heavy atom. The van der Waals surface area contributed by atoms with E-state index in [1.807, 2.05) is 36.4 Å². The predicted octanol–water partition coefficient (Wildman–Crippen LogP) is 2.71. The van der Waals surface area contributed by atoms with Gasteiger partial charge in [0.15, 0.2) is 5.88 Å². The van der Waals surface area contributed by atoms with Crippen LogP contribution in [0.3, 0.4) is 0 Å². The highest BCUT2D eigenvalue weighted by Gasteiger charge is 2.07. The average molecular weight is 241 g/mol. The Morgan fingerprint density at radius 3 is 2.56 bits per heavy atom. The summed E-state index contributed by atoms with van der Waals surface area (Å²) in [5.74, 6) is 0.543. The molecule has 0 radical (unpaired) electrons. The van der Waals surface area contributed by atoms with Crippen LogP contribution in [0.2, 0.25) is 0 Å². The Hall–Kier alpha value is -2.29. The molecule has 0 bridgehead atoms. The van der Waals surface area contributed by atoms with Gasteiger partial charge < -0.3 is 4.74 Å². The molecule has 1 aromatic carbocycles. The lowest BCUT2D eigenvalue weighted by molar-refractivity contribution is 0.371. The number of pyridine rings is 1. The molecule has 0 fully saturated rings. The summed E-state index contributed by atoms with van der Waals surface area (Å²) in [6.07, 6.45) is 1.67. The van der Waals surface area contributed by atoms with Crippen molar-refractivity contribution in [2.24, 2.45) is 0 Å². The minimum absolute atomic E-state index is 0.0897. The molecule has 0 unspecified atom stereocenters. The lowest BCUT2D eigenvalue weighted by Gasteiger charge is -2.11. The van der Waals surface area contributed by atoms with Gasteiger partial charge in [0.25, 0.3) is 5.56 Å². The van der Waals surface area contributed by atoms with Gasteiger partial charge in [-0.1, -0.05) is 36.4 Å². The topological polar surface area (TPSA) is 31.2 Å². The SMILES string of the molecule is C=CCn1c(OC)cc(-c2ccccc2)cc1=O. The van der Waals surface area contributed by atoms with Crippen molar-refractivity contribution in [1.82, 2.24) is 4.57 Å². The first-order valence-electron chi connectivity index (χ1n) is 5.71. The van der Waals surface area contributed by atoms with Crippen molar-refractivity contribution in [3.05, 3.63) is 65.5 Å². The van der Waals surface area contributed by atoms with Crippen LogP contribution >= 0.6 is 0 Å². The van der Waals surface area contributed by atoms with Crippen LogP contribution in [0.5, 0.6) is 5.88 Å². The van der Waals surface area contributed by atoms with Gasteiger partial charge in [-0.15, -0.1) is 6.58 Å². The second-order valence-electron chi connectivity index (χ2n) is 3.89. The third kappa shape index (κ3) is 2.35. The van der Waals surface area contributed by atoms with Crippen LogP contribution in [-0.2, 0) is 6.54 Å². The molecule has 0 amide bonds. The Kier molecular flexibility index (Phi) is 3.63. The van der Waals surface area contributed by atoms with Crippen LogP contribution in [0.1, 0.15) is 0 Å². The molecule has 0 N–H and O–H groups in total. The van der Waals surface area contributed by atoms with Crippen molar-refractivity contribution in [3.8, 4) is 17.0 Å². The lowest BCUT2D eigenvalue weighted by atomic mass is 10.1. The number of rotatable bonds is 4. The Labute approximate surface area is 106 Å². The molecule has 2 aromatic rings. The molecule has 3 nitrogen and oxygen atoms in total. The Bertz CT molecular complexity index is 600. The molecule has 0 saturated heterocycles. The molecular weight excluding hydrogens is 226 g/mol. The van der Waals surface area contributed by atoms with Gasteiger partial charge in [-0.25, -0.2) is 0 Å². The van der Waals surface area contributed by atoms with E-state index in [1.54, 1.807) is 23.8 Å². The smallest absolute Gasteiger partial charge is 0.254 e. The van der Waals surface area contributed by atoms with Crippen LogP contribution in [0, 0.1) is 0 Å². The zero-order valence-corrected chi connectivity index (χ0v) is 10.3. The average Bonchev–Trinajstić information content (AvgIpc) is 2.42. The van der Waals surface area contributed by atoms with Crippen LogP contribution in [-0.4, -0.2) is 11.7 Å². The van der Waals surface area contributed by atoms with Crippen LogP contribution in [0.25, 0.3) is 11.1 Å². The molecular formula is C15H15NO2. The normalized spacial score (nSPS) is 10.1. The van der Waals surface area contributed by atoms with E-state index in [2.05, 4.69) is 6.58 Å². The van der Waals surface area contributed by atoms with Gasteiger partial charge in [0.05, 0.1) is 7.11 Å². The lowest BCUT2D eigenvalue weighted by Crippen LogP contribution is -2.20. The largest absolute Gasteiger partial charge is 0.482 e. The number of ether oxygens (including phenoxy) is 1. The van der Waals surface area contributed by atoms with Crippen molar-refractivity contribution in [2.75, 3.05) is 7.11 Å². The van der Waals surface area contributed by atoms with E-state index < -0.39 is 0 Å². The van der Waals surface area contributed by atoms with Gasteiger partial charge >= 0.3 is 0 Å². The second-order valence-corrected chi connectivity index (χ2v) is 3.89. The van der Waals surface area contributed by atoms with E-state index in [0.29, 0.717) is 12.4 Å². The fourth-order valence-electron chi connectivity index (χ4n) is 1.85. The number of hydrogen-bond acceptors (Lipinski definition) is 2. The van der Waals surface area contributed by atoms with Crippen LogP contribution in [0.4, 0.5) is 0 Å². The highest BCUT2D eigenvalue weighted by molar-refractivity contribution is 5.63. The fourth-order valence-corrected chi connectivity index (χ4v) is 1.85. The third-order valence-electron chi connectivity index (χ3n) is 2.72. The first-order valence-corrected chi connectivity index (χ1v) is 5.71. The maximum atomic E-state index is 12.0. The van der Waals surface area contributed by atoms with Gasteiger partial charge in [-0.3, -0.25) is 9.36 Å². The molecule has 0 saturated carbocycles. The standard InChI is InChI=1S/C15H15NO2/c1-3-9-16-14(17)10-13(11-15(16)18-2)12-7-5-4-6-8-12/h3-8,10-11H,1,9H2,2H3. The highest BCUT2D eigenvalue weighted by atomic mass is 16.5. The van der Waals surface area contributed by atoms with E-state index in [4.69, 9.17) is 4.74 Å². The van der Waals surface area contributed by atoms with Gasteiger partial charge in [0.2, 0.25) is 0 Å². The molecule has 18 heavy (non-hydrogen) atoms. The summed E-state index contributed by atoms with van der Waals surface area (Å²) in [6, 6.07) is 13.2. The summed E-state index contributed by atoms with van der Waals surface area (Å²) < 4.78 is 6.80. The van der Waals surface area contributed by atoms with Crippen molar-refractivity contribution in [2.45, 2.75) is 6.54 Å². The van der Waals surface area contributed by atoms with Gasteiger partial charge in [0, 0.05) is 18.7 Å². The summed E-state index contributed by atoms with van der Waals surface area (Å²) in [5.41, 5.74) is 1.77. The molecule has 0 aliphatic rings. The van der Waals surface area contributed by atoms with Crippen molar-refractivity contribution < 1.29 is 4.74 Å². The van der Waals surface area contributed by atoms with E-state index >= 15 is 0 Å². The summed E-state index contributed by atoms with van der Waals surface area (Å²) in [4.78, 5) is 12.0. The molecule has 92 valence electrons. The minimum Gasteiger partial charge on any atom is -0.482 e. The molecule has 0 aliphatic carbocycles. The van der Waals surface area contributed by atoms with E-state index in [-0.39, 0.29) is 5.56 Å². The molecule has 1 heterocycles. The summed E-state index contributed by atoms with van der Waals surface area (Å²) >= 11 is 0. The Morgan fingerprint density at radius 1 is 1.22 bits per heavy atom. The molecule has 3 heteroatoms. The third-order valence-corrected chi connectivity index (χ3v) is 2.72. The number of hydrogen-bond donors (Lipinski definition) is 0. The summed E-state index contributed by atoms with van der Waals surface area (Å²) in [7, 11) is 1.56. The van der Waals surface area contributed by atoms with Crippen LogP contribution < -0.4 is 10.3 Å². The zero-order valence-electron chi connectivity index (χ0n) is 10.3. The highest BCUT2D eigenvalue weighted by Crippen LogP contribution is 2.21. The summed E-state index contributed by atoms with van der Waals surface area (Å²) in [5, 5.41) is 0. The number of nitrogens with zero attached hydrogens (tertiary/aromatic N) is 1. The monoisotopic (exact) mass is 241 g/mol. The van der Waals surface area contributed by atoms with Gasteiger partial charge in [-0.05, 0) is 11.1 Å². The molecule has 1 aromatic heterocycles. The number of aromatic nitrogens is 1. The molecule has 0 atom stereocenters.